The molecule has 2 fully saturated rings. The largest absolute Gasteiger partial charge is 0.335 e. The van der Waals surface area contributed by atoms with E-state index in [1.807, 2.05) is 12.1 Å². The van der Waals surface area contributed by atoms with Crippen molar-refractivity contribution in [2.24, 2.45) is 0 Å². The minimum atomic E-state index is -0.0239. The molecule has 0 aromatic heterocycles. The number of hydrogen-bond acceptors (Lipinski definition) is 3. The van der Waals surface area contributed by atoms with Crippen LogP contribution >= 0.6 is 0 Å². The van der Waals surface area contributed by atoms with Crippen molar-refractivity contribution in [2.75, 3.05) is 38.1 Å². The zero-order chi connectivity index (χ0) is 14.8. The first-order valence-electron chi connectivity index (χ1n) is 7.50. The van der Waals surface area contributed by atoms with E-state index in [-0.39, 0.29) is 24.9 Å². The van der Waals surface area contributed by atoms with Gasteiger partial charge in [0.25, 0.3) is 0 Å². The van der Waals surface area contributed by atoms with Crippen molar-refractivity contribution in [1.82, 2.24) is 10.2 Å². The minimum absolute atomic E-state index is 0.0184. The lowest BCUT2D eigenvalue weighted by Crippen LogP contribution is -2.52. The second kappa shape index (κ2) is 5.85. The first kappa shape index (κ1) is 14.1. The summed E-state index contributed by atoms with van der Waals surface area (Å²) < 4.78 is 0. The Bertz CT molecular complexity index is 535. The van der Waals surface area contributed by atoms with Crippen LogP contribution in [0, 0.1) is 0 Å². The van der Waals surface area contributed by atoms with Gasteiger partial charge in [-0.3, -0.25) is 9.59 Å². The molecular weight excluding hydrogens is 266 g/mol. The normalized spacial score (nSPS) is 23.6. The fourth-order valence-electron chi connectivity index (χ4n) is 3.02. The number of carbonyl (C=O) groups excluding carboxylic acids is 2. The second-order valence-electron chi connectivity index (χ2n) is 5.86. The maximum Gasteiger partial charge on any atom is 0.247 e. The summed E-state index contributed by atoms with van der Waals surface area (Å²) in [7, 11) is 1.66. The minimum Gasteiger partial charge on any atom is -0.335 e. The Kier molecular flexibility index (Phi) is 3.92. The van der Waals surface area contributed by atoms with E-state index in [1.165, 1.54) is 23.3 Å². The molecule has 1 unspecified atom stereocenters. The third-order valence-electron chi connectivity index (χ3n) is 4.37. The molecule has 2 aliphatic rings. The van der Waals surface area contributed by atoms with Gasteiger partial charge in [0.1, 0.15) is 6.54 Å². The van der Waals surface area contributed by atoms with Crippen LogP contribution in [0.5, 0.6) is 0 Å². The van der Waals surface area contributed by atoms with E-state index < -0.39 is 0 Å². The number of rotatable bonds is 2. The van der Waals surface area contributed by atoms with Crippen molar-refractivity contribution < 1.29 is 9.59 Å². The molecule has 0 saturated carbocycles. The Labute approximate surface area is 124 Å². The van der Waals surface area contributed by atoms with Gasteiger partial charge in [0.2, 0.25) is 11.8 Å². The SMILES string of the molecule is CN1CC(=O)N(c2ccc(C3CCCNC3)cc2)CC1=O. The number of anilines is 1. The van der Waals surface area contributed by atoms with E-state index in [4.69, 9.17) is 0 Å². The van der Waals surface area contributed by atoms with E-state index in [0.717, 1.165) is 18.8 Å². The van der Waals surface area contributed by atoms with Gasteiger partial charge in [-0.1, -0.05) is 12.1 Å². The fraction of sp³-hybridized carbons (Fsp3) is 0.500. The van der Waals surface area contributed by atoms with Crippen LogP contribution < -0.4 is 10.2 Å². The third-order valence-corrected chi connectivity index (χ3v) is 4.37. The summed E-state index contributed by atoms with van der Waals surface area (Å²) in [4.78, 5) is 26.9. The summed E-state index contributed by atoms with van der Waals surface area (Å²) in [5.74, 6) is 0.511. The molecule has 5 heteroatoms. The molecule has 3 rings (SSSR count). The number of nitrogens with zero attached hydrogens (tertiary/aromatic N) is 2. The Morgan fingerprint density at radius 2 is 1.86 bits per heavy atom. The summed E-state index contributed by atoms with van der Waals surface area (Å²) >= 11 is 0. The first-order valence-corrected chi connectivity index (χ1v) is 7.50. The maximum absolute atomic E-state index is 12.1. The average Bonchev–Trinajstić information content (AvgIpc) is 2.52. The lowest BCUT2D eigenvalue weighted by Gasteiger charge is -2.32. The molecule has 1 atom stereocenters. The van der Waals surface area contributed by atoms with E-state index in [2.05, 4.69) is 17.4 Å². The molecule has 2 saturated heterocycles. The van der Waals surface area contributed by atoms with Crippen LogP contribution in [0.4, 0.5) is 5.69 Å². The van der Waals surface area contributed by atoms with Gasteiger partial charge in [-0.05, 0) is 43.0 Å². The van der Waals surface area contributed by atoms with E-state index in [1.54, 1.807) is 11.9 Å². The molecule has 5 nitrogen and oxygen atoms in total. The van der Waals surface area contributed by atoms with Crippen molar-refractivity contribution >= 4 is 17.5 Å². The topological polar surface area (TPSA) is 52.7 Å². The predicted octanol–water partition coefficient (Wildman–Crippen LogP) is 0.959. The van der Waals surface area contributed by atoms with Crippen molar-refractivity contribution in [1.29, 1.82) is 0 Å². The molecule has 0 aliphatic carbocycles. The second-order valence-corrected chi connectivity index (χ2v) is 5.86. The number of hydrogen-bond donors (Lipinski definition) is 1. The van der Waals surface area contributed by atoms with Crippen LogP contribution in [0.3, 0.4) is 0 Å². The number of carbonyl (C=O) groups is 2. The van der Waals surface area contributed by atoms with Crippen LogP contribution in [0.25, 0.3) is 0 Å². The summed E-state index contributed by atoms with van der Waals surface area (Å²) in [5, 5.41) is 3.41. The van der Waals surface area contributed by atoms with E-state index in [0.29, 0.717) is 5.92 Å². The summed E-state index contributed by atoms with van der Waals surface area (Å²) in [5.41, 5.74) is 2.12. The number of amides is 2. The van der Waals surface area contributed by atoms with Crippen LogP contribution in [0.15, 0.2) is 24.3 Å². The molecule has 0 bridgehead atoms. The Hall–Kier alpha value is -1.88. The van der Waals surface area contributed by atoms with Crippen LogP contribution in [-0.4, -0.2) is 49.9 Å². The van der Waals surface area contributed by atoms with E-state index in [9.17, 15) is 9.59 Å². The van der Waals surface area contributed by atoms with Crippen LogP contribution in [0.1, 0.15) is 24.3 Å². The Morgan fingerprint density at radius 3 is 2.52 bits per heavy atom. The fourth-order valence-corrected chi connectivity index (χ4v) is 3.02. The molecule has 0 radical (unpaired) electrons. The van der Waals surface area contributed by atoms with Gasteiger partial charge < -0.3 is 15.1 Å². The van der Waals surface area contributed by atoms with E-state index >= 15 is 0 Å². The van der Waals surface area contributed by atoms with Crippen molar-refractivity contribution in [3.8, 4) is 0 Å². The molecule has 1 aromatic carbocycles. The maximum atomic E-state index is 12.1. The van der Waals surface area contributed by atoms with Gasteiger partial charge in [-0.25, -0.2) is 0 Å². The summed E-state index contributed by atoms with van der Waals surface area (Å²) in [6.07, 6.45) is 2.41. The molecule has 112 valence electrons. The molecule has 1 N–H and O–H groups in total. The Morgan fingerprint density at radius 1 is 1.10 bits per heavy atom. The highest BCUT2D eigenvalue weighted by Crippen LogP contribution is 2.26. The summed E-state index contributed by atoms with van der Waals surface area (Å²) in [6.45, 7) is 2.42. The van der Waals surface area contributed by atoms with Gasteiger partial charge >= 0.3 is 0 Å². The van der Waals surface area contributed by atoms with Crippen molar-refractivity contribution in [3.63, 3.8) is 0 Å². The number of piperazine rings is 1. The number of nitrogens with one attached hydrogen (secondary N) is 1. The lowest BCUT2D eigenvalue weighted by atomic mass is 9.91. The molecule has 21 heavy (non-hydrogen) atoms. The zero-order valence-corrected chi connectivity index (χ0v) is 12.3. The average molecular weight is 287 g/mol. The Balaban J connectivity index is 1.74. The quantitative estimate of drug-likeness (QED) is 0.881. The zero-order valence-electron chi connectivity index (χ0n) is 12.3. The molecule has 0 spiro atoms. The summed E-state index contributed by atoms with van der Waals surface area (Å²) in [6, 6.07) is 8.09. The van der Waals surface area contributed by atoms with Crippen LogP contribution in [-0.2, 0) is 9.59 Å². The van der Waals surface area contributed by atoms with Crippen molar-refractivity contribution in [3.05, 3.63) is 29.8 Å². The molecule has 2 amide bonds. The highest BCUT2D eigenvalue weighted by molar-refractivity contribution is 6.04. The lowest BCUT2D eigenvalue weighted by molar-refractivity contribution is -0.136. The van der Waals surface area contributed by atoms with Gasteiger partial charge in [0.05, 0.1) is 6.54 Å². The number of piperidine rings is 1. The third kappa shape index (κ3) is 2.93. The number of benzene rings is 1. The van der Waals surface area contributed by atoms with Crippen molar-refractivity contribution in [2.45, 2.75) is 18.8 Å². The first-order chi connectivity index (χ1) is 10.1. The monoisotopic (exact) mass is 287 g/mol. The molecule has 1 aromatic rings. The van der Waals surface area contributed by atoms with Crippen LogP contribution in [0.2, 0.25) is 0 Å². The van der Waals surface area contributed by atoms with Gasteiger partial charge in [0, 0.05) is 19.3 Å². The molecular formula is C16H21N3O2. The standard InChI is InChI=1S/C16H21N3O2/c1-18-10-16(21)19(11-15(18)20)14-6-4-12(5-7-14)13-3-2-8-17-9-13/h4-7,13,17H,2-3,8-11H2,1H3. The smallest absolute Gasteiger partial charge is 0.247 e. The molecule has 2 heterocycles. The predicted molar refractivity (Wildman–Crippen MR) is 81.3 cm³/mol. The van der Waals surface area contributed by atoms with Gasteiger partial charge in [-0.15, -0.1) is 0 Å². The highest BCUT2D eigenvalue weighted by atomic mass is 16.2. The number of likely N-dealkylation sites (N-methyl/N-ethyl adjacent to an activating group) is 1. The highest BCUT2D eigenvalue weighted by Gasteiger charge is 2.28. The van der Waals surface area contributed by atoms with Gasteiger partial charge in [0.15, 0.2) is 0 Å². The van der Waals surface area contributed by atoms with Gasteiger partial charge in [-0.2, -0.15) is 0 Å². The molecule has 2 aliphatic heterocycles.